The highest BCUT2D eigenvalue weighted by molar-refractivity contribution is 9.10. The van der Waals surface area contributed by atoms with Crippen molar-refractivity contribution in [3.05, 3.63) is 53.0 Å². The molecular formula is C15H13BrN2O3S. The SMILES string of the molecule is COc1ccc(Br)cc1S(=O)(=O)N(CC#N)c1ccccc1. The third-order valence-corrected chi connectivity index (χ3v) is 5.24. The standard InChI is InChI=1S/C15H13BrN2O3S/c1-21-14-8-7-12(16)11-15(14)22(19,20)18(10-9-17)13-5-3-2-4-6-13/h2-8,11H,10H2,1H3. The van der Waals surface area contributed by atoms with Crippen LogP contribution in [-0.2, 0) is 10.0 Å². The van der Waals surface area contributed by atoms with Gasteiger partial charge in [-0.25, -0.2) is 8.42 Å². The van der Waals surface area contributed by atoms with E-state index in [0.717, 1.165) is 4.31 Å². The van der Waals surface area contributed by atoms with E-state index in [0.29, 0.717) is 10.2 Å². The second kappa shape index (κ2) is 6.81. The molecule has 0 aliphatic heterocycles. The molecule has 7 heteroatoms. The molecule has 0 bridgehead atoms. The monoisotopic (exact) mass is 380 g/mol. The van der Waals surface area contributed by atoms with Gasteiger partial charge < -0.3 is 4.74 Å². The largest absolute Gasteiger partial charge is 0.495 e. The van der Waals surface area contributed by atoms with Crippen LogP contribution in [0, 0.1) is 11.3 Å². The van der Waals surface area contributed by atoms with Crippen LogP contribution in [0.15, 0.2) is 57.9 Å². The number of halogens is 1. The van der Waals surface area contributed by atoms with Gasteiger partial charge >= 0.3 is 0 Å². The Balaban J connectivity index is 2.61. The van der Waals surface area contributed by atoms with Crippen LogP contribution in [0.5, 0.6) is 5.75 Å². The van der Waals surface area contributed by atoms with E-state index in [4.69, 9.17) is 10.00 Å². The number of hydrogen-bond donors (Lipinski definition) is 0. The fourth-order valence-electron chi connectivity index (χ4n) is 1.94. The van der Waals surface area contributed by atoms with Crippen LogP contribution in [0.3, 0.4) is 0 Å². The predicted molar refractivity (Wildman–Crippen MR) is 87.3 cm³/mol. The summed E-state index contributed by atoms with van der Waals surface area (Å²) in [6.07, 6.45) is 0. The second-order valence-electron chi connectivity index (χ2n) is 4.30. The number of hydrogen-bond acceptors (Lipinski definition) is 4. The number of sulfonamides is 1. The third kappa shape index (κ3) is 3.24. The summed E-state index contributed by atoms with van der Waals surface area (Å²) in [5.41, 5.74) is 0.422. The molecule has 5 nitrogen and oxygen atoms in total. The van der Waals surface area contributed by atoms with Crippen molar-refractivity contribution < 1.29 is 13.2 Å². The molecule has 0 aliphatic rings. The molecule has 114 valence electrons. The van der Waals surface area contributed by atoms with Gasteiger partial charge in [-0.15, -0.1) is 0 Å². The van der Waals surface area contributed by atoms with Gasteiger partial charge in [0.05, 0.1) is 18.9 Å². The molecule has 0 aromatic heterocycles. The lowest BCUT2D eigenvalue weighted by Gasteiger charge is -2.22. The summed E-state index contributed by atoms with van der Waals surface area (Å²) >= 11 is 3.26. The van der Waals surface area contributed by atoms with Gasteiger partial charge in [-0.05, 0) is 30.3 Å². The highest BCUT2D eigenvalue weighted by Crippen LogP contribution is 2.31. The minimum Gasteiger partial charge on any atom is -0.495 e. The van der Waals surface area contributed by atoms with Crippen LogP contribution in [0.2, 0.25) is 0 Å². The van der Waals surface area contributed by atoms with Gasteiger partial charge in [-0.2, -0.15) is 5.26 Å². The first-order chi connectivity index (χ1) is 10.5. The first kappa shape index (κ1) is 16.3. The Morgan fingerprint density at radius 3 is 2.50 bits per heavy atom. The van der Waals surface area contributed by atoms with Gasteiger partial charge in [0.15, 0.2) is 0 Å². The summed E-state index contributed by atoms with van der Waals surface area (Å²) in [5, 5.41) is 8.99. The van der Waals surface area contributed by atoms with Crippen molar-refractivity contribution >= 4 is 31.6 Å². The lowest BCUT2D eigenvalue weighted by atomic mass is 10.3. The van der Waals surface area contributed by atoms with Crippen molar-refractivity contribution in [3.8, 4) is 11.8 Å². The zero-order valence-corrected chi connectivity index (χ0v) is 14.1. The van der Waals surface area contributed by atoms with Gasteiger partial charge in [0.1, 0.15) is 17.2 Å². The zero-order chi connectivity index (χ0) is 16.2. The fraction of sp³-hybridized carbons (Fsp3) is 0.133. The van der Waals surface area contributed by atoms with Crippen LogP contribution in [-0.4, -0.2) is 22.1 Å². The van der Waals surface area contributed by atoms with E-state index >= 15 is 0 Å². The van der Waals surface area contributed by atoms with E-state index in [1.807, 2.05) is 6.07 Å². The molecule has 2 aromatic rings. The number of nitrogens with zero attached hydrogens (tertiary/aromatic N) is 2. The lowest BCUT2D eigenvalue weighted by molar-refractivity contribution is 0.402. The molecular weight excluding hydrogens is 368 g/mol. The smallest absolute Gasteiger partial charge is 0.269 e. The van der Waals surface area contributed by atoms with Crippen molar-refractivity contribution in [1.29, 1.82) is 5.26 Å². The minimum absolute atomic E-state index is 0.00322. The maximum absolute atomic E-state index is 12.9. The first-order valence-electron chi connectivity index (χ1n) is 6.29. The zero-order valence-electron chi connectivity index (χ0n) is 11.7. The molecule has 0 radical (unpaired) electrons. The minimum atomic E-state index is -3.93. The Morgan fingerprint density at radius 1 is 1.23 bits per heavy atom. The maximum atomic E-state index is 12.9. The Kier molecular flexibility index (Phi) is 5.06. The van der Waals surface area contributed by atoms with E-state index in [-0.39, 0.29) is 17.2 Å². The highest BCUT2D eigenvalue weighted by Gasteiger charge is 2.28. The number of rotatable bonds is 5. The molecule has 0 spiro atoms. The molecule has 2 rings (SSSR count). The Bertz CT molecular complexity index is 801. The Morgan fingerprint density at radius 2 is 1.91 bits per heavy atom. The number of para-hydroxylation sites is 1. The van der Waals surface area contributed by atoms with Gasteiger partial charge in [0.2, 0.25) is 0 Å². The molecule has 0 unspecified atom stereocenters. The van der Waals surface area contributed by atoms with Crippen LogP contribution in [0.25, 0.3) is 0 Å². The molecule has 2 aromatic carbocycles. The number of ether oxygens (including phenoxy) is 1. The van der Waals surface area contributed by atoms with Crippen molar-refractivity contribution in [2.45, 2.75) is 4.90 Å². The number of nitriles is 1. The van der Waals surface area contributed by atoms with Gasteiger partial charge in [-0.3, -0.25) is 4.31 Å². The number of anilines is 1. The molecule has 0 atom stereocenters. The van der Waals surface area contributed by atoms with Gasteiger partial charge in [0, 0.05) is 4.47 Å². The quantitative estimate of drug-likeness (QED) is 0.746. The number of benzene rings is 2. The lowest BCUT2D eigenvalue weighted by Crippen LogP contribution is -2.31. The summed E-state index contributed by atoms with van der Waals surface area (Å²) in [5.74, 6) is 0.224. The van der Waals surface area contributed by atoms with Crippen LogP contribution in [0.4, 0.5) is 5.69 Å². The normalized spacial score (nSPS) is 10.8. The van der Waals surface area contributed by atoms with Crippen molar-refractivity contribution in [2.75, 3.05) is 18.0 Å². The van der Waals surface area contributed by atoms with E-state index in [1.54, 1.807) is 42.5 Å². The molecule has 0 saturated carbocycles. The molecule has 0 fully saturated rings. The predicted octanol–water partition coefficient (Wildman–Crippen LogP) is 3.18. The van der Waals surface area contributed by atoms with E-state index < -0.39 is 10.0 Å². The molecule has 0 heterocycles. The summed E-state index contributed by atoms with van der Waals surface area (Å²) < 4.78 is 32.7. The highest BCUT2D eigenvalue weighted by atomic mass is 79.9. The molecule has 0 N–H and O–H groups in total. The summed E-state index contributed by atoms with van der Waals surface area (Å²) in [6.45, 7) is -0.290. The van der Waals surface area contributed by atoms with Gasteiger partial charge in [0.25, 0.3) is 10.0 Å². The second-order valence-corrected chi connectivity index (χ2v) is 7.05. The van der Waals surface area contributed by atoms with E-state index in [9.17, 15) is 8.42 Å². The topological polar surface area (TPSA) is 70.4 Å². The summed E-state index contributed by atoms with van der Waals surface area (Å²) in [6, 6.07) is 15.1. The van der Waals surface area contributed by atoms with Crippen LogP contribution >= 0.6 is 15.9 Å². The average Bonchev–Trinajstić information content (AvgIpc) is 2.53. The summed E-state index contributed by atoms with van der Waals surface area (Å²) in [4.78, 5) is 0.00322. The Labute approximate surface area is 137 Å². The first-order valence-corrected chi connectivity index (χ1v) is 8.52. The van der Waals surface area contributed by atoms with E-state index in [1.165, 1.54) is 13.2 Å². The fourth-order valence-corrected chi connectivity index (χ4v) is 4.00. The van der Waals surface area contributed by atoms with Crippen molar-refractivity contribution in [1.82, 2.24) is 0 Å². The molecule has 0 aliphatic carbocycles. The molecule has 0 saturated heterocycles. The molecule has 0 amide bonds. The maximum Gasteiger partial charge on any atom is 0.269 e. The molecule has 22 heavy (non-hydrogen) atoms. The van der Waals surface area contributed by atoms with Crippen molar-refractivity contribution in [3.63, 3.8) is 0 Å². The van der Waals surface area contributed by atoms with E-state index in [2.05, 4.69) is 15.9 Å². The van der Waals surface area contributed by atoms with Crippen LogP contribution < -0.4 is 9.04 Å². The van der Waals surface area contributed by atoms with Gasteiger partial charge in [-0.1, -0.05) is 34.1 Å². The average molecular weight is 381 g/mol. The number of methoxy groups -OCH3 is 1. The van der Waals surface area contributed by atoms with Crippen LogP contribution in [0.1, 0.15) is 0 Å². The third-order valence-electron chi connectivity index (χ3n) is 2.95. The summed E-state index contributed by atoms with van der Waals surface area (Å²) in [7, 11) is -2.52. The van der Waals surface area contributed by atoms with Crippen molar-refractivity contribution in [2.24, 2.45) is 0 Å². The Hall–Kier alpha value is -2.04.